The molecule has 1 aromatic heterocycles. The summed E-state index contributed by atoms with van der Waals surface area (Å²) in [5, 5.41) is 16.5. The Morgan fingerprint density at radius 3 is 2.83 bits per heavy atom. The molecule has 1 aromatic rings. The molecule has 0 radical (unpaired) electrons. The summed E-state index contributed by atoms with van der Waals surface area (Å²) in [5.74, 6) is -0.849. The zero-order valence-corrected chi connectivity index (χ0v) is 11.0. The second-order valence-corrected chi connectivity index (χ2v) is 5.51. The van der Waals surface area contributed by atoms with Crippen LogP contribution in [0, 0.1) is 0 Å². The van der Waals surface area contributed by atoms with Gasteiger partial charge < -0.3 is 5.11 Å². The smallest absolute Gasteiger partial charge is 0.323 e. The lowest BCUT2D eigenvalue weighted by Gasteiger charge is -2.20. The van der Waals surface area contributed by atoms with Crippen molar-refractivity contribution in [3.63, 3.8) is 0 Å². The van der Waals surface area contributed by atoms with Crippen molar-refractivity contribution in [2.24, 2.45) is 0 Å². The Bertz CT molecular complexity index is 420. The van der Waals surface area contributed by atoms with E-state index in [9.17, 15) is 4.79 Å². The molecule has 0 atom stereocenters. The highest BCUT2D eigenvalue weighted by Crippen LogP contribution is 2.28. The Labute approximate surface area is 107 Å². The van der Waals surface area contributed by atoms with Gasteiger partial charge >= 0.3 is 5.97 Å². The minimum Gasteiger partial charge on any atom is -0.480 e. The third-order valence-electron chi connectivity index (χ3n) is 3.61. The summed E-state index contributed by atoms with van der Waals surface area (Å²) in [6.45, 7) is 3.80. The number of carbonyl (C=O) groups is 1. The fourth-order valence-corrected chi connectivity index (χ4v) is 2.23. The summed E-state index contributed by atoms with van der Waals surface area (Å²) in [5.41, 5.74) is -0.0202. The van der Waals surface area contributed by atoms with Gasteiger partial charge in [-0.05, 0) is 32.8 Å². The minimum absolute atomic E-state index is 0.485. The van der Waals surface area contributed by atoms with Gasteiger partial charge in [-0.1, -0.05) is 12.8 Å². The lowest BCUT2D eigenvalue weighted by molar-refractivity contribution is -0.143. The molecule has 1 aliphatic rings. The van der Waals surface area contributed by atoms with Crippen LogP contribution in [0.15, 0.2) is 12.3 Å². The first-order chi connectivity index (χ1) is 8.49. The van der Waals surface area contributed by atoms with Gasteiger partial charge in [0.25, 0.3) is 0 Å². The first-order valence-corrected chi connectivity index (χ1v) is 6.51. The van der Waals surface area contributed by atoms with Gasteiger partial charge in [-0.15, -0.1) is 0 Å². The number of rotatable bonds is 5. The molecule has 0 unspecified atom stereocenters. The van der Waals surface area contributed by atoms with Crippen molar-refractivity contribution in [1.29, 1.82) is 0 Å². The summed E-state index contributed by atoms with van der Waals surface area (Å²) in [6.07, 6.45) is 6.97. The molecular weight excluding hydrogens is 230 g/mol. The van der Waals surface area contributed by atoms with E-state index in [4.69, 9.17) is 5.11 Å². The Kier molecular flexibility index (Phi) is 3.71. The molecule has 0 bridgehead atoms. The van der Waals surface area contributed by atoms with Gasteiger partial charge in [-0.2, -0.15) is 5.10 Å². The summed E-state index contributed by atoms with van der Waals surface area (Å²) < 4.78 is 2.03. The van der Waals surface area contributed by atoms with E-state index in [2.05, 4.69) is 10.4 Å². The zero-order chi connectivity index (χ0) is 13.2. The summed E-state index contributed by atoms with van der Waals surface area (Å²) >= 11 is 0. The van der Waals surface area contributed by atoms with Crippen molar-refractivity contribution >= 4 is 5.97 Å². The number of hydrogen-bond acceptors (Lipinski definition) is 3. The predicted octanol–water partition coefficient (Wildman–Crippen LogP) is 1.95. The highest BCUT2D eigenvalue weighted by Gasteiger charge is 2.26. The van der Waals surface area contributed by atoms with Crippen molar-refractivity contribution in [2.45, 2.75) is 57.7 Å². The lowest BCUT2D eigenvalue weighted by Crippen LogP contribution is -2.46. The van der Waals surface area contributed by atoms with E-state index in [1.807, 2.05) is 16.9 Å². The van der Waals surface area contributed by atoms with E-state index < -0.39 is 11.5 Å². The highest BCUT2D eigenvalue weighted by atomic mass is 16.4. The maximum absolute atomic E-state index is 11.0. The van der Waals surface area contributed by atoms with E-state index in [1.165, 1.54) is 25.7 Å². The molecule has 0 aliphatic heterocycles. The molecule has 100 valence electrons. The predicted molar refractivity (Wildman–Crippen MR) is 68.3 cm³/mol. The first-order valence-electron chi connectivity index (χ1n) is 6.51. The normalized spacial score (nSPS) is 17.2. The van der Waals surface area contributed by atoms with Crippen LogP contribution in [0.25, 0.3) is 0 Å². The molecule has 2 N–H and O–H groups in total. The molecule has 0 spiro atoms. The molecule has 0 aromatic carbocycles. The molecule has 1 heterocycles. The van der Waals surface area contributed by atoms with Crippen LogP contribution in [0.4, 0.5) is 0 Å². The van der Waals surface area contributed by atoms with Gasteiger partial charge in [0.05, 0.1) is 11.7 Å². The van der Waals surface area contributed by atoms with Crippen molar-refractivity contribution in [2.75, 3.05) is 0 Å². The molecule has 1 fully saturated rings. The van der Waals surface area contributed by atoms with Crippen LogP contribution < -0.4 is 5.32 Å². The molecule has 0 amide bonds. The van der Waals surface area contributed by atoms with Crippen LogP contribution in [-0.2, 0) is 11.3 Å². The summed E-state index contributed by atoms with van der Waals surface area (Å²) in [6, 6.07) is 2.50. The number of aliphatic carboxylic acids is 1. The third-order valence-corrected chi connectivity index (χ3v) is 3.61. The summed E-state index contributed by atoms with van der Waals surface area (Å²) in [7, 11) is 0. The lowest BCUT2D eigenvalue weighted by atomic mass is 10.1. The van der Waals surface area contributed by atoms with Crippen LogP contribution in [0.3, 0.4) is 0 Å². The Morgan fingerprint density at radius 2 is 2.22 bits per heavy atom. The SMILES string of the molecule is CC(C)(NCc1ccn(C2CCCC2)n1)C(=O)O. The van der Waals surface area contributed by atoms with Crippen LogP contribution in [0.1, 0.15) is 51.3 Å². The van der Waals surface area contributed by atoms with Gasteiger partial charge in [-0.25, -0.2) is 0 Å². The largest absolute Gasteiger partial charge is 0.480 e. The standard InChI is InChI=1S/C13H21N3O2/c1-13(2,12(17)18)14-9-10-7-8-16(15-10)11-5-3-4-6-11/h7-8,11,14H,3-6,9H2,1-2H3,(H,17,18). The van der Waals surface area contributed by atoms with E-state index in [1.54, 1.807) is 13.8 Å². The number of hydrogen-bond donors (Lipinski definition) is 2. The van der Waals surface area contributed by atoms with Gasteiger partial charge in [0.2, 0.25) is 0 Å². The number of nitrogens with zero attached hydrogens (tertiary/aromatic N) is 2. The molecule has 1 aliphatic carbocycles. The Balaban J connectivity index is 1.92. The Hall–Kier alpha value is -1.36. The average molecular weight is 251 g/mol. The van der Waals surface area contributed by atoms with Gasteiger partial charge in [0.1, 0.15) is 5.54 Å². The maximum Gasteiger partial charge on any atom is 0.323 e. The fourth-order valence-electron chi connectivity index (χ4n) is 2.23. The second-order valence-electron chi connectivity index (χ2n) is 5.51. The van der Waals surface area contributed by atoms with Gasteiger partial charge in [0.15, 0.2) is 0 Å². The van der Waals surface area contributed by atoms with E-state index in [0.717, 1.165) is 5.69 Å². The van der Waals surface area contributed by atoms with Gasteiger partial charge in [-0.3, -0.25) is 14.8 Å². The molecule has 1 saturated carbocycles. The third kappa shape index (κ3) is 2.90. The number of carboxylic acid groups (broad SMARTS) is 1. The molecular formula is C13H21N3O2. The average Bonchev–Trinajstić information content (AvgIpc) is 2.97. The number of aromatic nitrogens is 2. The van der Waals surface area contributed by atoms with Crippen molar-refractivity contribution in [1.82, 2.24) is 15.1 Å². The highest BCUT2D eigenvalue weighted by molar-refractivity contribution is 5.77. The van der Waals surface area contributed by atoms with Crippen LogP contribution in [0.5, 0.6) is 0 Å². The topological polar surface area (TPSA) is 67.2 Å². The van der Waals surface area contributed by atoms with Crippen molar-refractivity contribution in [3.8, 4) is 0 Å². The molecule has 18 heavy (non-hydrogen) atoms. The molecule has 5 nitrogen and oxygen atoms in total. The van der Waals surface area contributed by atoms with Crippen molar-refractivity contribution in [3.05, 3.63) is 18.0 Å². The van der Waals surface area contributed by atoms with Crippen LogP contribution >= 0.6 is 0 Å². The summed E-state index contributed by atoms with van der Waals surface area (Å²) in [4.78, 5) is 11.0. The first kappa shape index (κ1) is 13.1. The van der Waals surface area contributed by atoms with Crippen LogP contribution in [0.2, 0.25) is 0 Å². The number of carboxylic acids is 1. The monoisotopic (exact) mass is 251 g/mol. The fraction of sp³-hybridized carbons (Fsp3) is 0.692. The number of nitrogens with one attached hydrogen (secondary N) is 1. The van der Waals surface area contributed by atoms with Crippen molar-refractivity contribution < 1.29 is 9.90 Å². The van der Waals surface area contributed by atoms with E-state index in [-0.39, 0.29) is 0 Å². The van der Waals surface area contributed by atoms with E-state index >= 15 is 0 Å². The molecule has 0 saturated heterocycles. The van der Waals surface area contributed by atoms with E-state index in [0.29, 0.717) is 12.6 Å². The second kappa shape index (κ2) is 5.10. The van der Waals surface area contributed by atoms with Crippen LogP contribution in [-0.4, -0.2) is 26.4 Å². The quantitative estimate of drug-likeness (QED) is 0.839. The van der Waals surface area contributed by atoms with Gasteiger partial charge in [0, 0.05) is 12.7 Å². The maximum atomic E-state index is 11.0. The zero-order valence-electron chi connectivity index (χ0n) is 11.0. The minimum atomic E-state index is -0.920. The Morgan fingerprint density at radius 1 is 1.56 bits per heavy atom. The molecule has 2 rings (SSSR count). The molecule has 5 heteroatoms.